The second-order valence-corrected chi connectivity index (χ2v) is 5.43. The number of benzene rings is 1. The molecule has 122 valence electrons. The van der Waals surface area contributed by atoms with Crippen molar-refractivity contribution in [1.29, 1.82) is 0 Å². The van der Waals surface area contributed by atoms with E-state index in [1.807, 2.05) is 6.92 Å². The molecule has 0 aromatic heterocycles. The topological polar surface area (TPSA) is 58.8 Å². The first-order valence-electron chi connectivity index (χ1n) is 7.70. The van der Waals surface area contributed by atoms with E-state index in [-0.39, 0.29) is 5.82 Å². The minimum atomic E-state index is -0.491. The molecular formula is C16H24FN3O2. The molecule has 1 saturated heterocycles. The summed E-state index contributed by atoms with van der Waals surface area (Å²) in [4.78, 5) is 16.2. The Hall–Kier alpha value is -1.50. The molecule has 1 aromatic carbocycles. The molecule has 0 aliphatic carbocycles. The lowest BCUT2D eigenvalue weighted by Gasteiger charge is -2.38. The van der Waals surface area contributed by atoms with Gasteiger partial charge in [-0.15, -0.1) is 0 Å². The molecule has 22 heavy (non-hydrogen) atoms. The quantitative estimate of drug-likeness (QED) is 0.764. The standard InChI is InChI=1S/C16H24FN3O2/c1-2-22-12-11-19-7-9-20(10-8-19)15(16(18)21)13-3-5-14(17)6-4-13/h3-6,15H,2,7-12H2,1H3,(H2,18,21)/t15-/m0/s1. The maximum absolute atomic E-state index is 13.0. The summed E-state index contributed by atoms with van der Waals surface area (Å²) in [6.07, 6.45) is 0. The largest absolute Gasteiger partial charge is 0.380 e. The number of primary amides is 1. The summed E-state index contributed by atoms with van der Waals surface area (Å²) in [5.74, 6) is -0.706. The zero-order valence-electron chi connectivity index (χ0n) is 13.0. The number of carbonyl (C=O) groups is 1. The molecule has 0 bridgehead atoms. The van der Waals surface area contributed by atoms with E-state index in [2.05, 4.69) is 9.80 Å². The van der Waals surface area contributed by atoms with E-state index in [4.69, 9.17) is 10.5 Å². The van der Waals surface area contributed by atoms with Crippen LogP contribution in [0.1, 0.15) is 18.5 Å². The molecule has 0 unspecified atom stereocenters. The molecule has 1 aliphatic rings. The van der Waals surface area contributed by atoms with Gasteiger partial charge in [-0.1, -0.05) is 12.1 Å². The van der Waals surface area contributed by atoms with Crippen LogP contribution >= 0.6 is 0 Å². The van der Waals surface area contributed by atoms with Gasteiger partial charge in [0.2, 0.25) is 5.91 Å². The Morgan fingerprint density at radius 1 is 1.27 bits per heavy atom. The molecule has 0 spiro atoms. The second-order valence-electron chi connectivity index (χ2n) is 5.43. The van der Waals surface area contributed by atoms with Gasteiger partial charge in [0.25, 0.3) is 0 Å². The van der Waals surface area contributed by atoms with Crippen molar-refractivity contribution in [3.05, 3.63) is 35.6 Å². The van der Waals surface area contributed by atoms with Crippen LogP contribution in [0.3, 0.4) is 0 Å². The highest BCUT2D eigenvalue weighted by molar-refractivity contribution is 5.81. The van der Waals surface area contributed by atoms with E-state index in [0.29, 0.717) is 0 Å². The van der Waals surface area contributed by atoms with Gasteiger partial charge in [-0.05, 0) is 24.6 Å². The van der Waals surface area contributed by atoms with Gasteiger partial charge < -0.3 is 10.5 Å². The number of halogens is 1. The van der Waals surface area contributed by atoms with Gasteiger partial charge in [0.1, 0.15) is 11.9 Å². The van der Waals surface area contributed by atoms with Crippen LogP contribution in [0.5, 0.6) is 0 Å². The number of hydrogen-bond acceptors (Lipinski definition) is 4. The van der Waals surface area contributed by atoms with E-state index < -0.39 is 11.9 Å². The smallest absolute Gasteiger partial charge is 0.239 e. The number of amides is 1. The molecular weight excluding hydrogens is 285 g/mol. The number of ether oxygens (including phenoxy) is 1. The van der Waals surface area contributed by atoms with Crippen LogP contribution in [0.2, 0.25) is 0 Å². The summed E-state index contributed by atoms with van der Waals surface area (Å²) in [6.45, 7) is 7.61. The van der Waals surface area contributed by atoms with Crippen molar-refractivity contribution in [1.82, 2.24) is 9.80 Å². The summed E-state index contributed by atoms with van der Waals surface area (Å²) in [6, 6.07) is 5.50. The summed E-state index contributed by atoms with van der Waals surface area (Å²) < 4.78 is 18.4. The van der Waals surface area contributed by atoms with E-state index in [1.54, 1.807) is 12.1 Å². The molecule has 6 heteroatoms. The van der Waals surface area contributed by atoms with Crippen LogP contribution in [0.25, 0.3) is 0 Å². The Balaban J connectivity index is 1.94. The molecule has 1 aliphatic heterocycles. The molecule has 0 saturated carbocycles. The Bertz CT molecular complexity index is 473. The van der Waals surface area contributed by atoms with Crippen molar-refractivity contribution in [3.8, 4) is 0 Å². The maximum atomic E-state index is 13.0. The first-order valence-corrected chi connectivity index (χ1v) is 7.70. The SMILES string of the molecule is CCOCCN1CCN([C@H](C(N)=O)c2ccc(F)cc2)CC1. The fourth-order valence-electron chi connectivity index (χ4n) is 2.78. The lowest BCUT2D eigenvalue weighted by atomic mass is 10.0. The molecule has 1 amide bonds. The van der Waals surface area contributed by atoms with Gasteiger partial charge in [0.15, 0.2) is 0 Å². The van der Waals surface area contributed by atoms with Gasteiger partial charge in [0, 0.05) is 39.3 Å². The average molecular weight is 309 g/mol. The van der Waals surface area contributed by atoms with Crippen LogP contribution in [-0.4, -0.2) is 61.6 Å². The molecule has 1 heterocycles. The van der Waals surface area contributed by atoms with E-state index in [1.165, 1.54) is 12.1 Å². The third-order valence-electron chi connectivity index (χ3n) is 3.98. The summed E-state index contributed by atoms with van der Waals surface area (Å²) in [7, 11) is 0. The highest BCUT2D eigenvalue weighted by atomic mass is 19.1. The number of piperazine rings is 1. The van der Waals surface area contributed by atoms with Crippen molar-refractivity contribution in [2.24, 2.45) is 5.73 Å². The Kier molecular flexibility index (Phi) is 6.30. The van der Waals surface area contributed by atoms with Crippen molar-refractivity contribution < 1.29 is 13.9 Å². The van der Waals surface area contributed by atoms with E-state index >= 15 is 0 Å². The molecule has 5 nitrogen and oxygen atoms in total. The van der Waals surface area contributed by atoms with Gasteiger partial charge >= 0.3 is 0 Å². The maximum Gasteiger partial charge on any atom is 0.239 e. The van der Waals surface area contributed by atoms with Gasteiger partial charge in [0.05, 0.1) is 6.61 Å². The van der Waals surface area contributed by atoms with E-state index in [9.17, 15) is 9.18 Å². The summed E-state index contributed by atoms with van der Waals surface area (Å²) in [5.41, 5.74) is 6.31. The van der Waals surface area contributed by atoms with Gasteiger partial charge in [-0.25, -0.2) is 4.39 Å². The third-order valence-corrected chi connectivity index (χ3v) is 3.98. The van der Waals surface area contributed by atoms with Crippen LogP contribution < -0.4 is 5.73 Å². The first-order chi connectivity index (χ1) is 10.6. The Morgan fingerprint density at radius 3 is 2.45 bits per heavy atom. The predicted octanol–water partition coefficient (Wildman–Crippen LogP) is 1.01. The third kappa shape index (κ3) is 4.50. The number of carbonyl (C=O) groups excluding carboxylic acids is 1. The molecule has 1 aromatic rings. The number of nitrogens with zero attached hydrogens (tertiary/aromatic N) is 2. The molecule has 2 rings (SSSR count). The fraction of sp³-hybridized carbons (Fsp3) is 0.562. The Labute approximate surface area is 130 Å². The highest BCUT2D eigenvalue weighted by Gasteiger charge is 2.28. The highest BCUT2D eigenvalue weighted by Crippen LogP contribution is 2.22. The molecule has 1 fully saturated rings. The van der Waals surface area contributed by atoms with E-state index in [0.717, 1.165) is 51.5 Å². The van der Waals surface area contributed by atoms with Crippen LogP contribution in [-0.2, 0) is 9.53 Å². The predicted molar refractivity (Wildman–Crippen MR) is 82.8 cm³/mol. The summed E-state index contributed by atoms with van der Waals surface area (Å²) >= 11 is 0. The second kappa shape index (κ2) is 8.22. The van der Waals surface area contributed by atoms with Crippen molar-refractivity contribution >= 4 is 5.91 Å². The lowest BCUT2D eigenvalue weighted by Crippen LogP contribution is -2.50. The fourth-order valence-corrected chi connectivity index (χ4v) is 2.78. The minimum Gasteiger partial charge on any atom is -0.380 e. The van der Waals surface area contributed by atoms with Crippen LogP contribution in [0, 0.1) is 5.82 Å². The number of nitrogens with two attached hydrogens (primary N) is 1. The summed E-state index contributed by atoms with van der Waals surface area (Å²) in [5, 5.41) is 0. The van der Waals surface area contributed by atoms with Crippen molar-refractivity contribution in [2.45, 2.75) is 13.0 Å². The lowest BCUT2D eigenvalue weighted by molar-refractivity contribution is -0.124. The molecule has 0 radical (unpaired) electrons. The van der Waals surface area contributed by atoms with Crippen LogP contribution in [0.15, 0.2) is 24.3 Å². The van der Waals surface area contributed by atoms with Crippen LogP contribution in [0.4, 0.5) is 4.39 Å². The number of hydrogen-bond donors (Lipinski definition) is 1. The minimum absolute atomic E-state index is 0.312. The number of rotatable bonds is 7. The normalized spacial score (nSPS) is 18.3. The monoisotopic (exact) mass is 309 g/mol. The molecule has 1 atom stereocenters. The Morgan fingerprint density at radius 2 is 1.91 bits per heavy atom. The van der Waals surface area contributed by atoms with Gasteiger partial charge in [-0.3, -0.25) is 14.6 Å². The zero-order chi connectivity index (χ0) is 15.9. The van der Waals surface area contributed by atoms with Crippen molar-refractivity contribution in [3.63, 3.8) is 0 Å². The van der Waals surface area contributed by atoms with Gasteiger partial charge in [-0.2, -0.15) is 0 Å². The molecule has 2 N–H and O–H groups in total. The van der Waals surface area contributed by atoms with Crippen molar-refractivity contribution in [2.75, 3.05) is 45.9 Å². The zero-order valence-corrected chi connectivity index (χ0v) is 13.0. The first kappa shape index (κ1) is 16.9. The average Bonchev–Trinajstić information content (AvgIpc) is 2.51.